The van der Waals surface area contributed by atoms with Crippen molar-refractivity contribution in [1.29, 1.82) is 0 Å². The molecule has 17 heavy (non-hydrogen) atoms. The Hall–Kier alpha value is -1.09. The number of fused-ring (bicyclic) bond motifs is 3. The molecule has 0 spiro atoms. The summed E-state index contributed by atoms with van der Waals surface area (Å²) in [6.07, 6.45) is 8.53. The number of H-pyrrole nitrogens is 1. The van der Waals surface area contributed by atoms with Gasteiger partial charge in [-0.25, -0.2) is 4.98 Å². The molecule has 2 aliphatic rings. The van der Waals surface area contributed by atoms with E-state index >= 15 is 0 Å². The predicted molar refractivity (Wildman–Crippen MR) is 72.0 cm³/mol. The van der Waals surface area contributed by atoms with Crippen molar-refractivity contribution in [2.45, 2.75) is 24.7 Å². The largest absolute Gasteiger partial charge is 0.341 e. The molecule has 3 heteroatoms. The fourth-order valence-electron chi connectivity index (χ4n) is 3.28. The number of imidazole rings is 1. The number of aromatic nitrogens is 2. The van der Waals surface area contributed by atoms with Crippen LogP contribution in [0.5, 0.6) is 0 Å². The lowest BCUT2D eigenvalue weighted by atomic mass is 9.87. The van der Waals surface area contributed by atoms with E-state index in [0.717, 1.165) is 27.2 Å². The molecule has 0 saturated heterocycles. The van der Waals surface area contributed by atoms with Crippen LogP contribution in [-0.4, -0.2) is 9.97 Å². The van der Waals surface area contributed by atoms with Crippen LogP contribution in [0.1, 0.15) is 25.1 Å². The average molecular weight is 289 g/mol. The first-order valence-electron chi connectivity index (χ1n) is 6.11. The highest BCUT2D eigenvalue weighted by atomic mass is 79.9. The van der Waals surface area contributed by atoms with E-state index in [1.165, 1.54) is 19.3 Å². The Labute approximate surface area is 108 Å². The molecule has 0 aliphatic heterocycles. The minimum atomic E-state index is 0.198. The second-order valence-corrected chi connectivity index (χ2v) is 6.09. The molecule has 4 rings (SSSR count). The van der Waals surface area contributed by atoms with Gasteiger partial charge in [0.15, 0.2) is 0 Å². The maximum Gasteiger partial charge on any atom is 0.117 e. The molecule has 2 aromatic rings. The molecule has 1 fully saturated rings. The van der Waals surface area contributed by atoms with Crippen LogP contribution in [0.3, 0.4) is 0 Å². The normalized spacial score (nSPS) is 30.5. The number of para-hydroxylation sites is 1. The first kappa shape index (κ1) is 9.89. The quantitative estimate of drug-likeness (QED) is 0.792. The third-order valence-electron chi connectivity index (χ3n) is 4.21. The third-order valence-corrected chi connectivity index (χ3v) is 4.85. The molecule has 0 radical (unpaired) electrons. The van der Waals surface area contributed by atoms with Crippen molar-refractivity contribution < 1.29 is 0 Å². The molecule has 1 N–H and O–H groups in total. The summed E-state index contributed by atoms with van der Waals surface area (Å²) in [7, 11) is 0. The van der Waals surface area contributed by atoms with Crippen molar-refractivity contribution in [3.8, 4) is 0 Å². The Kier molecular flexibility index (Phi) is 1.88. The van der Waals surface area contributed by atoms with Gasteiger partial charge in [0.05, 0.1) is 5.52 Å². The fourth-order valence-corrected chi connectivity index (χ4v) is 3.73. The van der Waals surface area contributed by atoms with Crippen molar-refractivity contribution >= 4 is 27.0 Å². The number of hydrogen-bond donors (Lipinski definition) is 1. The van der Waals surface area contributed by atoms with Crippen LogP contribution in [0, 0.1) is 5.92 Å². The Bertz CT molecular complexity index is 628. The zero-order chi connectivity index (χ0) is 11.5. The summed E-state index contributed by atoms with van der Waals surface area (Å²) < 4.78 is 1.07. The number of nitrogens with zero attached hydrogens (tertiary/aromatic N) is 1. The summed E-state index contributed by atoms with van der Waals surface area (Å²) in [5.74, 6) is 1.93. The van der Waals surface area contributed by atoms with Crippen molar-refractivity contribution in [2.75, 3.05) is 0 Å². The van der Waals surface area contributed by atoms with E-state index < -0.39 is 0 Å². The lowest BCUT2D eigenvalue weighted by Crippen LogP contribution is -2.19. The summed E-state index contributed by atoms with van der Waals surface area (Å²) >= 11 is 3.57. The van der Waals surface area contributed by atoms with Crippen molar-refractivity contribution in [3.05, 3.63) is 40.6 Å². The van der Waals surface area contributed by atoms with E-state index in [9.17, 15) is 0 Å². The molecular formula is C14H13BrN2. The maximum atomic E-state index is 4.81. The molecule has 2 bridgehead atoms. The first-order valence-corrected chi connectivity index (χ1v) is 6.90. The van der Waals surface area contributed by atoms with Gasteiger partial charge in [0.25, 0.3) is 0 Å². The van der Waals surface area contributed by atoms with Gasteiger partial charge in [0, 0.05) is 9.89 Å². The van der Waals surface area contributed by atoms with Gasteiger partial charge >= 0.3 is 0 Å². The Balaban J connectivity index is 1.92. The first-order chi connectivity index (χ1) is 8.27. The highest BCUT2D eigenvalue weighted by Gasteiger charge is 2.44. The minimum absolute atomic E-state index is 0.198. The van der Waals surface area contributed by atoms with E-state index in [-0.39, 0.29) is 5.41 Å². The monoisotopic (exact) mass is 288 g/mol. The molecule has 86 valence electrons. The summed E-state index contributed by atoms with van der Waals surface area (Å²) in [5, 5.41) is 0. The summed E-state index contributed by atoms with van der Waals surface area (Å²) in [6, 6.07) is 6.19. The SMILES string of the molecule is Brc1cccc2[nH]c(C34C=CC(CC3)C4)nc12. The number of hydrogen-bond acceptors (Lipinski definition) is 1. The second kappa shape index (κ2) is 3.22. The van der Waals surface area contributed by atoms with Crippen LogP contribution in [0.2, 0.25) is 0 Å². The molecule has 1 aromatic heterocycles. The van der Waals surface area contributed by atoms with Crippen LogP contribution >= 0.6 is 15.9 Å². The summed E-state index contributed by atoms with van der Waals surface area (Å²) in [4.78, 5) is 8.31. The Morgan fingerprint density at radius 3 is 3.00 bits per heavy atom. The molecule has 2 atom stereocenters. The van der Waals surface area contributed by atoms with Gasteiger partial charge in [-0.3, -0.25) is 0 Å². The number of allylic oxidation sites excluding steroid dienone is 2. The standard InChI is InChI=1S/C14H13BrN2/c15-10-2-1-3-11-12(10)17-13(16-11)14-6-4-9(8-14)5-7-14/h1-4,6,9H,5,7-8H2,(H,16,17). The van der Waals surface area contributed by atoms with Crippen LogP contribution in [0.15, 0.2) is 34.8 Å². The van der Waals surface area contributed by atoms with Crippen molar-refractivity contribution in [3.63, 3.8) is 0 Å². The molecule has 1 saturated carbocycles. The minimum Gasteiger partial charge on any atom is -0.341 e. The molecule has 1 heterocycles. The Morgan fingerprint density at radius 1 is 1.41 bits per heavy atom. The molecule has 2 aliphatic carbocycles. The van der Waals surface area contributed by atoms with E-state index in [1.807, 2.05) is 12.1 Å². The zero-order valence-electron chi connectivity index (χ0n) is 9.41. The highest BCUT2D eigenvalue weighted by Crippen LogP contribution is 2.50. The molecule has 0 amide bonds. The molecule has 2 unspecified atom stereocenters. The third kappa shape index (κ3) is 1.29. The number of rotatable bonds is 1. The second-order valence-electron chi connectivity index (χ2n) is 5.24. The van der Waals surface area contributed by atoms with E-state index in [2.05, 4.69) is 39.1 Å². The average Bonchev–Trinajstić information content (AvgIpc) is 3.03. The van der Waals surface area contributed by atoms with Gasteiger partial charge in [-0.1, -0.05) is 18.2 Å². The van der Waals surface area contributed by atoms with Crippen LogP contribution in [0.25, 0.3) is 11.0 Å². The van der Waals surface area contributed by atoms with Gasteiger partial charge in [0.2, 0.25) is 0 Å². The zero-order valence-corrected chi connectivity index (χ0v) is 11.0. The number of halogens is 1. The predicted octanol–water partition coefficient (Wildman–Crippen LogP) is 3.93. The lowest BCUT2D eigenvalue weighted by Gasteiger charge is -2.20. The Morgan fingerprint density at radius 2 is 2.35 bits per heavy atom. The highest BCUT2D eigenvalue weighted by molar-refractivity contribution is 9.10. The van der Waals surface area contributed by atoms with Crippen molar-refractivity contribution in [2.24, 2.45) is 5.92 Å². The van der Waals surface area contributed by atoms with E-state index in [0.29, 0.717) is 0 Å². The lowest BCUT2D eigenvalue weighted by molar-refractivity contribution is 0.535. The van der Waals surface area contributed by atoms with Gasteiger partial charge in [0.1, 0.15) is 11.3 Å². The molecule has 2 nitrogen and oxygen atoms in total. The van der Waals surface area contributed by atoms with Gasteiger partial charge in [-0.2, -0.15) is 0 Å². The topological polar surface area (TPSA) is 28.7 Å². The van der Waals surface area contributed by atoms with E-state index in [4.69, 9.17) is 4.98 Å². The summed E-state index contributed by atoms with van der Waals surface area (Å²) in [6.45, 7) is 0. The van der Waals surface area contributed by atoms with Crippen molar-refractivity contribution in [1.82, 2.24) is 9.97 Å². The van der Waals surface area contributed by atoms with Crippen LogP contribution in [0.4, 0.5) is 0 Å². The van der Waals surface area contributed by atoms with Crippen LogP contribution < -0.4 is 0 Å². The maximum absolute atomic E-state index is 4.81. The van der Waals surface area contributed by atoms with Crippen LogP contribution in [-0.2, 0) is 5.41 Å². The molecular weight excluding hydrogens is 276 g/mol. The fraction of sp³-hybridized carbons (Fsp3) is 0.357. The summed E-state index contributed by atoms with van der Waals surface area (Å²) in [5.41, 5.74) is 2.39. The smallest absolute Gasteiger partial charge is 0.117 e. The number of benzene rings is 1. The number of nitrogens with one attached hydrogen (secondary N) is 1. The van der Waals surface area contributed by atoms with Gasteiger partial charge < -0.3 is 4.98 Å². The van der Waals surface area contributed by atoms with Gasteiger partial charge in [-0.15, -0.1) is 0 Å². The van der Waals surface area contributed by atoms with Gasteiger partial charge in [-0.05, 0) is 53.2 Å². The number of aromatic amines is 1. The van der Waals surface area contributed by atoms with E-state index in [1.54, 1.807) is 0 Å². The molecule has 1 aromatic carbocycles.